The third-order valence-electron chi connectivity index (χ3n) is 7.60. The average molecular weight is 505 g/mol. The van der Waals surface area contributed by atoms with Crippen molar-refractivity contribution in [3.05, 3.63) is 0 Å². The number of aliphatic imine (C=N–C) groups is 1. The molecule has 0 aromatic rings. The number of hydrogen-bond donors (Lipinski definition) is 2. The van der Waals surface area contributed by atoms with Crippen molar-refractivity contribution in [3.63, 3.8) is 0 Å². The summed E-state index contributed by atoms with van der Waals surface area (Å²) in [5.41, 5.74) is 5.35. The van der Waals surface area contributed by atoms with Gasteiger partial charge in [0.1, 0.15) is 0 Å². The van der Waals surface area contributed by atoms with E-state index in [1.807, 2.05) is 13.8 Å². The number of nitrogens with two attached hydrogens (primary N) is 1. The number of carbonyl (C=O) groups excluding carboxylic acids is 1. The number of halogens is 1. The lowest BCUT2D eigenvalue weighted by atomic mass is 9.46. The summed E-state index contributed by atoms with van der Waals surface area (Å²) in [5.74, 6) is 1.42. The molecule has 4 rings (SSSR count). The van der Waals surface area contributed by atoms with Crippen molar-refractivity contribution in [1.82, 2.24) is 15.1 Å². The molecule has 3 atom stereocenters. The van der Waals surface area contributed by atoms with Gasteiger partial charge in [-0.1, -0.05) is 6.42 Å². The predicted octanol–water partition coefficient (Wildman–Crippen LogP) is 1.41. The van der Waals surface area contributed by atoms with Gasteiger partial charge in [-0.2, -0.15) is 0 Å². The van der Waals surface area contributed by atoms with E-state index in [4.69, 9.17) is 15.5 Å². The lowest BCUT2D eigenvalue weighted by molar-refractivity contribution is -0.171. The van der Waals surface area contributed by atoms with Crippen molar-refractivity contribution in [2.75, 3.05) is 39.3 Å². The Morgan fingerprint density at radius 3 is 2.50 bits per heavy atom. The monoisotopic (exact) mass is 505 g/mol. The van der Waals surface area contributed by atoms with Crippen molar-refractivity contribution in [1.29, 1.82) is 0 Å². The van der Waals surface area contributed by atoms with Crippen LogP contribution in [0.1, 0.15) is 46.5 Å². The molecule has 0 radical (unpaired) electrons. The fourth-order valence-corrected chi connectivity index (χ4v) is 5.61. The summed E-state index contributed by atoms with van der Waals surface area (Å²) in [6.45, 7) is 11.0. The van der Waals surface area contributed by atoms with Gasteiger partial charge < -0.3 is 20.7 Å². The quantitative estimate of drug-likeness (QED) is 0.343. The summed E-state index contributed by atoms with van der Waals surface area (Å²) in [4.78, 5) is 21.1. The van der Waals surface area contributed by atoms with Gasteiger partial charge in [-0.05, 0) is 40.0 Å². The van der Waals surface area contributed by atoms with E-state index in [0.29, 0.717) is 23.5 Å². The zero-order chi connectivity index (χ0) is 19.2. The van der Waals surface area contributed by atoms with Crippen LogP contribution in [0.15, 0.2) is 4.99 Å². The Hall–Kier alpha value is -0.610. The zero-order valence-corrected chi connectivity index (χ0v) is 19.8. The number of nitrogens with one attached hydrogen (secondary N) is 1. The van der Waals surface area contributed by atoms with Crippen LogP contribution in [0.5, 0.6) is 0 Å². The zero-order valence-electron chi connectivity index (χ0n) is 17.4. The molecule has 0 aromatic heterocycles. The van der Waals surface area contributed by atoms with Gasteiger partial charge in [0.05, 0.1) is 11.6 Å². The Bertz CT molecular complexity index is 614. The first-order valence-electron chi connectivity index (χ1n) is 10.6. The van der Waals surface area contributed by atoms with E-state index in [-0.39, 0.29) is 29.9 Å². The first kappa shape index (κ1) is 22.1. The minimum absolute atomic E-state index is 0. The number of hydrogen-bond acceptors (Lipinski definition) is 4. The van der Waals surface area contributed by atoms with Gasteiger partial charge in [-0.25, -0.2) is 0 Å². The van der Waals surface area contributed by atoms with Crippen molar-refractivity contribution in [2.45, 2.75) is 64.1 Å². The molecule has 0 aromatic carbocycles. The molecule has 4 fully saturated rings. The lowest BCUT2D eigenvalue weighted by Crippen LogP contribution is -2.73. The number of primary amides is 1. The Labute approximate surface area is 185 Å². The highest BCUT2D eigenvalue weighted by molar-refractivity contribution is 14.0. The second-order valence-corrected chi connectivity index (χ2v) is 9.15. The smallest absolute Gasteiger partial charge is 0.237 e. The summed E-state index contributed by atoms with van der Waals surface area (Å²) in [6.07, 6.45) is 5.54. The molecule has 7 nitrogen and oxygen atoms in total. The number of carbonyl (C=O) groups is 1. The molecular weight excluding hydrogens is 469 g/mol. The Balaban J connectivity index is 0.00000225. The molecule has 3 N–H and O–H groups in total. The standard InChI is InChI=1S/C20H35N5O2.HI/c1-4-22-18(24-9-11-25(12-10-24)19(2,3)17(21)26)23-15-14-6-13-27-16(14)20(15)7-5-8-20;/h14-16H,4-13H2,1-3H3,(H2,21,26)(H,22,23);1H. The van der Waals surface area contributed by atoms with Gasteiger partial charge in [0, 0.05) is 56.7 Å². The maximum atomic E-state index is 11.8. The van der Waals surface area contributed by atoms with Crippen LogP contribution in [-0.2, 0) is 9.53 Å². The third-order valence-corrected chi connectivity index (χ3v) is 7.60. The number of ether oxygens (including phenoxy) is 1. The van der Waals surface area contributed by atoms with Gasteiger partial charge in [-0.3, -0.25) is 14.7 Å². The molecule has 4 aliphatic rings. The topological polar surface area (TPSA) is 83.2 Å². The van der Waals surface area contributed by atoms with Gasteiger partial charge in [0.15, 0.2) is 5.96 Å². The molecule has 1 amide bonds. The van der Waals surface area contributed by atoms with Crippen molar-refractivity contribution in [3.8, 4) is 0 Å². The van der Waals surface area contributed by atoms with Crippen LogP contribution in [-0.4, -0.2) is 78.7 Å². The number of guanidine groups is 1. The van der Waals surface area contributed by atoms with E-state index in [2.05, 4.69) is 22.0 Å². The van der Waals surface area contributed by atoms with Crippen LogP contribution in [0.3, 0.4) is 0 Å². The summed E-state index contributed by atoms with van der Waals surface area (Å²) in [7, 11) is 0. The molecule has 8 heteroatoms. The van der Waals surface area contributed by atoms with Crippen LogP contribution in [0.25, 0.3) is 0 Å². The van der Waals surface area contributed by atoms with Crippen LogP contribution < -0.4 is 11.1 Å². The summed E-state index contributed by atoms with van der Waals surface area (Å²) >= 11 is 0. The second-order valence-electron chi connectivity index (χ2n) is 9.15. The first-order valence-corrected chi connectivity index (χ1v) is 10.6. The highest BCUT2D eigenvalue weighted by Gasteiger charge is 2.66. The maximum Gasteiger partial charge on any atom is 0.237 e. The van der Waals surface area contributed by atoms with Gasteiger partial charge in [-0.15, -0.1) is 24.0 Å². The van der Waals surface area contributed by atoms with Crippen LogP contribution >= 0.6 is 24.0 Å². The highest BCUT2D eigenvalue weighted by Crippen LogP contribution is 2.62. The van der Waals surface area contributed by atoms with Crippen LogP contribution in [0, 0.1) is 11.3 Å². The lowest BCUT2D eigenvalue weighted by Gasteiger charge is -2.63. The van der Waals surface area contributed by atoms with E-state index < -0.39 is 5.54 Å². The third kappa shape index (κ3) is 3.43. The molecule has 0 bridgehead atoms. The molecule has 2 saturated carbocycles. The molecule has 3 unspecified atom stereocenters. The first-order chi connectivity index (χ1) is 12.9. The van der Waals surface area contributed by atoms with Crippen LogP contribution in [0.2, 0.25) is 0 Å². The summed E-state index contributed by atoms with van der Waals surface area (Å²) in [6, 6.07) is 0.504. The second kappa shape index (κ2) is 8.26. The normalized spacial score (nSPS) is 32.2. The predicted molar refractivity (Wildman–Crippen MR) is 121 cm³/mol. The van der Waals surface area contributed by atoms with E-state index >= 15 is 0 Å². The number of piperazine rings is 1. The van der Waals surface area contributed by atoms with Gasteiger partial charge in [0.25, 0.3) is 0 Å². The van der Waals surface area contributed by atoms with Crippen LogP contribution in [0.4, 0.5) is 0 Å². The molecule has 2 saturated heterocycles. The average Bonchev–Trinajstić information content (AvgIpc) is 3.02. The summed E-state index contributed by atoms with van der Waals surface area (Å²) < 4.78 is 6.06. The fourth-order valence-electron chi connectivity index (χ4n) is 5.61. The largest absolute Gasteiger partial charge is 0.377 e. The van der Waals surface area contributed by atoms with E-state index in [0.717, 1.165) is 45.3 Å². The molecule has 2 aliphatic carbocycles. The SMILES string of the molecule is CCN=C(NC1C2CCOC2C12CCC2)N1CCN(C(C)(C)C(N)=O)CC1.I. The highest BCUT2D eigenvalue weighted by atomic mass is 127. The minimum atomic E-state index is -0.597. The number of amides is 1. The Morgan fingerprint density at radius 2 is 1.96 bits per heavy atom. The molecule has 160 valence electrons. The number of fused-ring (bicyclic) bond motifs is 2. The molecule has 2 heterocycles. The molecule has 2 aliphatic heterocycles. The Kier molecular flexibility index (Phi) is 6.51. The minimum Gasteiger partial charge on any atom is -0.377 e. The van der Waals surface area contributed by atoms with Gasteiger partial charge in [0.2, 0.25) is 5.91 Å². The van der Waals surface area contributed by atoms with E-state index in [9.17, 15) is 4.79 Å². The maximum absolute atomic E-state index is 11.8. The van der Waals surface area contributed by atoms with E-state index in [1.165, 1.54) is 25.7 Å². The Morgan fingerprint density at radius 1 is 1.29 bits per heavy atom. The van der Waals surface area contributed by atoms with E-state index in [1.54, 1.807) is 0 Å². The van der Waals surface area contributed by atoms with Gasteiger partial charge >= 0.3 is 0 Å². The van der Waals surface area contributed by atoms with Crippen molar-refractivity contribution >= 4 is 35.8 Å². The molecular formula is C20H36IN5O2. The molecule has 28 heavy (non-hydrogen) atoms. The fraction of sp³-hybridized carbons (Fsp3) is 0.900. The van der Waals surface area contributed by atoms with Crippen molar-refractivity contribution in [2.24, 2.45) is 22.1 Å². The van der Waals surface area contributed by atoms with Crippen molar-refractivity contribution < 1.29 is 9.53 Å². The molecule has 1 spiro atoms. The number of nitrogens with zero attached hydrogens (tertiary/aromatic N) is 3. The number of rotatable bonds is 4. The summed E-state index contributed by atoms with van der Waals surface area (Å²) in [5, 5.41) is 3.85.